The van der Waals surface area contributed by atoms with Crippen LogP contribution in [0.4, 0.5) is 5.69 Å². The molecule has 0 aliphatic rings. The molecule has 4 heteroatoms. The van der Waals surface area contributed by atoms with Gasteiger partial charge >= 0.3 is 0 Å². The SMILES string of the molecule is C#CCCCNCCc1ccccc1[N+](=O)[O-]. The molecule has 1 N–H and O–H groups in total. The van der Waals surface area contributed by atoms with E-state index >= 15 is 0 Å². The van der Waals surface area contributed by atoms with E-state index in [4.69, 9.17) is 6.42 Å². The van der Waals surface area contributed by atoms with Crippen LogP contribution in [0.3, 0.4) is 0 Å². The number of nitrogens with zero attached hydrogens (tertiary/aromatic N) is 1. The van der Waals surface area contributed by atoms with E-state index in [1.807, 2.05) is 6.07 Å². The minimum Gasteiger partial charge on any atom is -0.316 e. The van der Waals surface area contributed by atoms with Gasteiger partial charge < -0.3 is 5.32 Å². The zero-order valence-corrected chi connectivity index (χ0v) is 9.69. The normalized spacial score (nSPS) is 9.82. The highest BCUT2D eigenvalue weighted by molar-refractivity contribution is 5.39. The van der Waals surface area contributed by atoms with E-state index in [0.29, 0.717) is 6.42 Å². The minimum atomic E-state index is -0.340. The van der Waals surface area contributed by atoms with Crippen LogP contribution in [0.15, 0.2) is 24.3 Å². The van der Waals surface area contributed by atoms with E-state index in [9.17, 15) is 10.1 Å². The van der Waals surface area contributed by atoms with Crippen LogP contribution in [-0.4, -0.2) is 18.0 Å². The fourth-order valence-electron chi connectivity index (χ4n) is 1.56. The molecule has 0 aliphatic carbocycles. The smallest absolute Gasteiger partial charge is 0.272 e. The number of rotatable bonds is 7. The molecule has 0 aromatic heterocycles. The number of nitro benzene ring substituents is 1. The van der Waals surface area contributed by atoms with Crippen LogP contribution in [-0.2, 0) is 6.42 Å². The van der Waals surface area contributed by atoms with Gasteiger partial charge in [-0.25, -0.2) is 0 Å². The second kappa shape index (κ2) is 7.42. The molecule has 0 radical (unpaired) electrons. The van der Waals surface area contributed by atoms with E-state index in [-0.39, 0.29) is 10.6 Å². The van der Waals surface area contributed by atoms with E-state index in [2.05, 4.69) is 11.2 Å². The first-order chi connectivity index (χ1) is 8.25. The third-order valence-electron chi connectivity index (χ3n) is 2.43. The Morgan fingerprint density at radius 1 is 1.35 bits per heavy atom. The van der Waals surface area contributed by atoms with Crippen LogP contribution >= 0.6 is 0 Å². The Bertz CT molecular complexity index is 410. The quantitative estimate of drug-likeness (QED) is 0.339. The molecule has 0 fully saturated rings. The first-order valence-corrected chi connectivity index (χ1v) is 5.62. The van der Waals surface area contributed by atoms with Crippen molar-refractivity contribution < 1.29 is 4.92 Å². The van der Waals surface area contributed by atoms with Gasteiger partial charge in [0.2, 0.25) is 0 Å². The predicted octanol–water partition coefficient (Wildman–Crippen LogP) is 2.14. The Morgan fingerprint density at radius 3 is 2.82 bits per heavy atom. The van der Waals surface area contributed by atoms with Crippen LogP contribution in [0.1, 0.15) is 18.4 Å². The standard InChI is InChI=1S/C13H16N2O2/c1-2-3-6-10-14-11-9-12-7-4-5-8-13(12)15(16)17/h1,4-5,7-8,14H,3,6,9-11H2. The molecule has 17 heavy (non-hydrogen) atoms. The maximum atomic E-state index is 10.8. The molecule has 0 unspecified atom stereocenters. The first-order valence-electron chi connectivity index (χ1n) is 5.62. The fourth-order valence-corrected chi connectivity index (χ4v) is 1.56. The molecule has 1 aromatic rings. The summed E-state index contributed by atoms with van der Waals surface area (Å²) in [6.07, 6.45) is 7.49. The first kappa shape index (κ1) is 13.2. The maximum absolute atomic E-state index is 10.8. The van der Waals surface area contributed by atoms with Crippen molar-refractivity contribution in [3.8, 4) is 12.3 Å². The van der Waals surface area contributed by atoms with E-state index < -0.39 is 0 Å². The van der Waals surface area contributed by atoms with Gasteiger partial charge in [0.25, 0.3) is 5.69 Å². The summed E-state index contributed by atoms with van der Waals surface area (Å²) < 4.78 is 0. The zero-order valence-electron chi connectivity index (χ0n) is 9.69. The van der Waals surface area contributed by atoms with E-state index in [0.717, 1.165) is 31.5 Å². The molecule has 1 aromatic carbocycles. The van der Waals surface area contributed by atoms with Crippen LogP contribution in [0.25, 0.3) is 0 Å². The highest BCUT2D eigenvalue weighted by atomic mass is 16.6. The third kappa shape index (κ3) is 4.66. The van der Waals surface area contributed by atoms with Crippen LogP contribution in [0.5, 0.6) is 0 Å². The Labute approximate surface area is 101 Å². The van der Waals surface area contributed by atoms with Crippen molar-refractivity contribution in [1.82, 2.24) is 5.32 Å². The van der Waals surface area contributed by atoms with Crippen molar-refractivity contribution in [3.05, 3.63) is 39.9 Å². The topological polar surface area (TPSA) is 55.2 Å². The molecule has 0 saturated heterocycles. The average Bonchev–Trinajstić information content (AvgIpc) is 2.34. The summed E-state index contributed by atoms with van der Waals surface area (Å²) in [5.41, 5.74) is 0.958. The predicted molar refractivity (Wildman–Crippen MR) is 67.7 cm³/mol. The Hall–Kier alpha value is -1.86. The third-order valence-corrected chi connectivity index (χ3v) is 2.43. The van der Waals surface area contributed by atoms with Crippen molar-refractivity contribution in [2.75, 3.05) is 13.1 Å². The lowest BCUT2D eigenvalue weighted by molar-refractivity contribution is -0.385. The maximum Gasteiger partial charge on any atom is 0.272 e. The molecule has 0 aliphatic heterocycles. The van der Waals surface area contributed by atoms with Gasteiger partial charge in [-0.15, -0.1) is 12.3 Å². The number of terminal acetylenes is 1. The van der Waals surface area contributed by atoms with Crippen LogP contribution < -0.4 is 5.32 Å². The molecular formula is C13H16N2O2. The highest BCUT2D eigenvalue weighted by Gasteiger charge is 2.10. The molecule has 90 valence electrons. The van der Waals surface area contributed by atoms with Gasteiger partial charge in [0, 0.05) is 18.1 Å². The number of para-hydroxylation sites is 1. The Balaban J connectivity index is 2.37. The lowest BCUT2D eigenvalue weighted by Crippen LogP contribution is -2.18. The average molecular weight is 232 g/mol. The van der Waals surface area contributed by atoms with E-state index in [1.165, 1.54) is 6.07 Å². The van der Waals surface area contributed by atoms with Gasteiger partial charge in [-0.05, 0) is 25.9 Å². The lowest BCUT2D eigenvalue weighted by Gasteiger charge is -2.04. The van der Waals surface area contributed by atoms with Crippen LogP contribution in [0.2, 0.25) is 0 Å². The summed E-state index contributed by atoms with van der Waals surface area (Å²) in [6, 6.07) is 6.83. The summed E-state index contributed by atoms with van der Waals surface area (Å²) in [6.45, 7) is 1.58. The van der Waals surface area contributed by atoms with Gasteiger partial charge in [-0.1, -0.05) is 18.2 Å². The molecule has 1 rings (SSSR count). The summed E-state index contributed by atoms with van der Waals surface area (Å²) >= 11 is 0. The summed E-state index contributed by atoms with van der Waals surface area (Å²) in [5.74, 6) is 2.57. The summed E-state index contributed by atoms with van der Waals surface area (Å²) in [4.78, 5) is 10.4. The second-order valence-corrected chi connectivity index (χ2v) is 3.69. The van der Waals surface area contributed by atoms with Gasteiger partial charge in [-0.3, -0.25) is 10.1 Å². The Kier molecular flexibility index (Phi) is 5.76. The molecule has 0 heterocycles. The minimum absolute atomic E-state index is 0.193. The molecule has 0 spiro atoms. The van der Waals surface area contributed by atoms with Gasteiger partial charge in [0.15, 0.2) is 0 Å². The molecular weight excluding hydrogens is 216 g/mol. The van der Waals surface area contributed by atoms with Crippen molar-refractivity contribution >= 4 is 5.69 Å². The number of benzene rings is 1. The Morgan fingerprint density at radius 2 is 2.12 bits per heavy atom. The summed E-state index contributed by atoms with van der Waals surface area (Å²) in [7, 11) is 0. The monoisotopic (exact) mass is 232 g/mol. The number of nitro groups is 1. The van der Waals surface area contributed by atoms with Crippen molar-refractivity contribution in [2.24, 2.45) is 0 Å². The summed E-state index contributed by atoms with van der Waals surface area (Å²) in [5, 5.41) is 14.0. The fraction of sp³-hybridized carbons (Fsp3) is 0.385. The highest BCUT2D eigenvalue weighted by Crippen LogP contribution is 2.17. The molecule has 0 saturated carbocycles. The number of hydrogen-bond acceptors (Lipinski definition) is 3. The molecule has 0 bridgehead atoms. The molecule has 0 amide bonds. The largest absolute Gasteiger partial charge is 0.316 e. The van der Waals surface area contributed by atoms with Crippen molar-refractivity contribution in [2.45, 2.75) is 19.3 Å². The van der Waals surface area contributed by atoms with Crippen molar-refractivity contribution in [1.29, 1.82) is 0 Å². The molecule has 4 nitrogen and oxygen atoms in total. The zero-order chi connectivity index (χ0) is 12.5. The van der Waals surface area contributed by atoms with Gasteiger partial charge in [-0.2, -0.15) is 0 Å². The van der Waals surface area contributed by atoms with Crippen LogP contribution in [0, 0.1) is 22.5 Å². The second-order valence-electron chi connectivity index (χ2n) is 3.69. The molecule has 0 atom stereocenters. The lowest BCUT2D eigenvalue weighted by atomic mass is 10.1. The van der Waals surface area contributed by atoms with Gasteiger partial charge in [0.05, 0.1) is 4.92 Å². The van der Waals surface area contributed by atoms with Gasteiger partial charge in [0.1, 0.15) is 0 Å². The van der Waals surface area contributed by atoms with E-state index in [1.54, 1.807) is 12.1 Å². The number of unbranched alkanes of at least 4 members (excludes halogenated alkanes) is 1. The van der Waals surface area contributed by atoms with Crippen molar-refractivity contribution in [3.63, 3.8) is 0 Å². The number of hydrogen-bond donors (Lipinski definition) is 1. The number of nitrogens with one attached hydrogen (secondary N) is 1.